The van der Waals surface area contributed by atoms with E-state index in [1.807, 2.05) is 0 Å². The van der Waals surface area contributed by atoms with E-state index in [-0.39, 0.29) is 5.56 Å². The number of carboxylic acids is 1. The molecule has 6 heteroatoms. The van der Waals surface area contributed by atoms with E-state index >= 15 is 0 Å². The van der Waals surface area contributed by atoms with Crippen molar-refractivity contribution in [2.45, 2.75) is 0 Å². The molecule has 2 heterocycles. The standard InChI is InChI=1S/C8H6N4O2/c13-7(14)6-4-11-12(5-6)8-9-2-1-3-10-8/h1-5H,(H,13,14). The van der Waals surface area contributed by atoms with Crippen molar-refractivity contribution in [1.29, 1.82) is 0 Å². The second-order valence-corrected chi connectivity index (χ2v) is 2.53. The van der Waals surface area contributed by atoms with Gasteiger partial charge in [0.05, 0.1) is 11.8 Å². The third kappa shape index (κ3) is 1.45. The lowest BCUT2D eigenvalue weighted by atomic mass is 10.4. The maximum absolute atomic E-state index is 10.6. The lowest BCUT2D eigenvalue weighted by molar-refractivity contribution is 0.0697. The van der Waals surface area contributed by atoms with Crippen molar-refractivity contribution in [2.75, 3.05) is 0 Å². The van der Waals surface area contributed by atoms with Crippen molar-refractivity contribution >= 4 is 5.97 Å². The van der Waals surface area contributed by atoms with Gasteiger partial charge in [-0.25, -0.2) is 19.4 Å². The summed E-state index contributed by atoms with van der Waals surface area (Å²) in [4.78, 5) is 18.4. The van der Waals surface area contributed by atoms with Gasteiger partial charge in [-0.2, -0.15) is 5.10 Å². The van der Waals surface area contributed by atoms with Gasteiger partial charge in [-0.3, -0.25) is 0 Å². The maximum atomic E-state index is 10.6. The molecule has 0 fully saturated rings. The zero-order valence-corrected chi connectivity index (χ0v) is 7.03. The van der Waals surface area contributed by atoms with Crippen molar-refractivity contribution in [2.24, 2.45) is 0 Å². The molecule has 0 aliphatic rings. The summed E-state index contributed by atoms with van der Waals surface area (Å²) in [5.74, 6) is -0.674. The van der Waals surface area contributed by atoms with Crippen LogP contribution in [0.15, 0.2) is 30.9 Å². The number of rotatable bonds is 2. The van der Waals surface area contributed by atoms with Gasteiger partial charge in [0.1, 0.15) is 0 Å². The molecule has 0 aromatic carbocycles. The number of aromatic carboxylic acids is 1. The predicted molar refractivity (Wildman–Crippen MR) is 46.1 cm³/mol. The van der Waals surface area contributed by atoms with Crippen molar-refractivity contribution in [3.8, 4) is 5.95 Å². The smallest absolute Gasteiger partial charge is 0.338 e. The first-order valence-corrected chi connectivity index (χ1v) is 3.83. The number of carbonyl (C=O) groups is 1. The fourth-order valence-corrected chi connectivity index (χ4v) is 0.952. The topological polar surface area (TPSA) is 80.9 Å². The molecule has 2 aromatic rings. The summed E-state index contributed by atoms with van der Waals surface area (Å²) in [6.07, 6.45) is 5.73. The highest BCUT2D eigenvalue weighted by atomic mass is 16.4. The molecule has 0 aliphatic carbocycles. The Morgan fingerprint density at radius 2 is 2.07 bits per heavy atom. The first kappa shape index (κ1) is 8.36. The fraction of sp³-hybridized carbons (Fsp3) is 0. The first-order valence-electron chi connectivity index (χ1n) is 3.83. The fourth-order valence-electron chi connectivity index (χ4n) is 0.952. The van der Waals surface area contributed by atoms with E-state index in [0.29, 0.717) is 5.95 Å². The average molecular weight is 190 g/mol. The van der Waals surface area contributed by atoms with Crippen LogP contribution in [0, 0.1) is 0 Å². The summed E-state index contributed by atoms with van der Waals surface area (Å²) < 4.78 is 1.31. The van der Waals surface area contributed by atoms with Crippen molar-refractivity contribution in [1.82, 2.24) is 19.7 Å². The molecule has 0 bridgehead atoms. The van der Waals surface area contributed by atoms with Gasteiger partial charge in [-0.15, -0.1) is 0 Å². The number of hydrogen-bond acceptors (Lipinski definition) is 4. The average Bonchev–Trinajstić information content (AvgIpc) is 2.68. The van der Waals surface area contributed by atoms with Gasteiger partial charge in [0.15, 0.2) is 0 Å². The molecule has 70 valence electrons. The number of nitrogens with zero attached hydrogens (tertiary/aromatic N) is 4. The summed E-state index contributed by atoms with van der Waals surface area (Å²) >= 11 is 0. The van der Waals surface area contributed by atoms with Crippen LogP contribution in [0.1, 0.15) is 10.4 Å². The normalized spacial score (nSPS) is 10.0. The molecule has 0 amide bonds. The Hall–Kier alpha value is -2.24. The summed E-state index contributed by atoms with van der Waals surface area (Å²) in [6.45, 7) is 0. The van der Waals surface area contributed by atoms with E-state index in [1.165, 1.54) is 17.1 Å². The van der Waals surface area contributed by atoms with Crippen LogP contribution in [-0.4, -0.2) is 30.8 Å². The molecule has 6 nitrogen and oxygen atoms in total. The highest BCUT2D eigenvalue weighted by molar-refractivity contribution is 5.86. The van der Waals surface area contributed by atoms with E-state index in [0.717, 1.165) is 0 Å². The van der Waals surface area contributed by atoms with Gasteiger partial charge in [0.2, 0.25) is 5.95 Å². The van der Waals surface area contributed by atoms with Gasteiger partial charge in [0, 0.05) is 18.6 Å². The Kier molecular flexibility index (Phi) is 1.94. The molecule has 0 unspecified atom stereocenters. The highest BCUT2D eigenvalue weighted by Gasteiger charge is 2.07. The Labute approximate surface area is 78.9 Å². The largest absolute Gasteiger partial charge is 0.478 e. The molecule has 14 heavy (non-hydrogen) atoms. The van der Waals surface area contributed by atoms with E-state index in [1.54, 1.807) is 18.5 Å². The lowest BCUT2D eigenvalue weighted by Gasteiger charge is -1.95. The molecule has 0 saturated carbocycles. The number of hydrogen-bond donors (Lipinski definition) is 1. The minimum atomic E-state index is -1.02. The molecular formula is C8H6N4O2. The van der Waals surface area contributed by atoms with Gasteiger partial charge in [-0.05, 0) is 6.07 Å². The van der Waals surface area contributed by atoms with E-state index < -0.39 is 5.97 Å². The Morgan fingerprint density at radius 3 is 2.64 bits per heavy atom. The SMILES string of the molecule is O=C(O)c1cnn(-c2ncccn2)c1. The zero-order chi connectivity index (χ0) is 9.97. The Morgan fingerprint density at radius 1 is 1.36 bits per heavy atom. The summed E-state index contributed by atoms with van der Waals surface area (Å²) in [5, 5.41) is 12.5. The Balaban J connectivity index is 2.39. The van der Waals surface area contributed by atoms with Crippen LogP contribution in [0.25, 0.3) is 5.95 Å². The van der Waals surface area contributed by atoms with Crippen molar-refractivity contribution in [3.05, 3.63) is 36.4 Å². The molecule has 1 N–H and O–H groups in total. The Bertz CT molecular complexity index is 451. The minimum Gasteiger partial charge on any atom is -0.478 e. The van der Waals surface area contributed by atoms with Gasteiger partial charge in [0.25, 0.3) is 0 Å². The third-order valence-electron chi connectivity index (χ3n) is 1.59. The highest BCUT2D eigenvalue weighted by Crippen LogP contribution is 2.01. The molecule has 0 radical (unpaired) electrons. The summed E-state index contributed by atoms with van der Waals surface area (Å²) in [6, 6.07) is 1.67. The van der Waals surface area contributed by atoms with Crippen LogP contribution in [0.2, 0.25) is 0 Å². The molecule has 0 spiro atoms. The van der Waals surface area contributed by atoms with Gasteiger partial charge >= 0.3 is 5.97 Å². The predicted octanol–water partition coefficient (Wildman–Crippen LogP) is 0.361. The van der Waals surface area contributed by atoms with Gasteiger partial charge in [-0.1, -0.05) is 0 Å². The van der Waals surface area contributed by atoms with E-state index in [9.17, 15) is 4.79 Å². The van der Waals surface area contributed by atoms with Crippen LogP contribution in [0.5, 0.6) is 0 Å². The molecule has 0 saturated heterocycles. The van der Waals surface area contributed by atoms with Crippen LogP contribution in [0.4, 0.5) is 0 Å². The molecule has 0 aliphatic heterocycles. The molecular weight excluding hydrogens is 184 g/mol. The molecule has 0 atom stereocenters. The maximum Gasteiger partial charge on any atom is 0.338 e. The summed E-state index contributed by atoms with van der Waals surface area (Å²) in [5.41, 5.74) is 0.109. The molecule has 2 aromatic heterocycles. The van der Waals surface area contributed by atoms with E-state index in [4.69, 9.17) is 5.11 Å². The van der Waals surface area contributed by atoms with Crippen molar-refractivity contribution in [3.63, 3.8) is 0 Å². The second-order valence-electron chi connectivity index (χ2n) is 2.53. The van der Waals surface area contributed by atoms with Crippen molar-refractivity contribution < 1.29 is 9.90 Å². The van der Waals surface area contributed by atoms with Gasteiger partial charge < -0.3 is 5.11 Å². The quantitative estimate of drug-likeness (QED) is 0.739. The van der Waals surface area contributed by atoms with Crippen LogP contribution >= 0.6 is 0 Å². The van der Waals surface area contributed by atoms with Crippen LogP contribution in [0.3, 0.4) is 0 Å². The molecule has 2 rings (SSSR count). The second kappa shape index (κ2) is 3.25. The van der Waals surface area contributed by atoms with Crippen LogP contribution in [-0.2, 0) is 0 Å². The van der Waals surface area contributed by atoms with E-state index in [2.05, 4.69) is 15.1 Å². The third-order valence-corrected chi connectivity index (χ3v) is 1.59. The monoisotopic (exact) mass is 190 g/mol. The van der Waals surface area contributed by atoms with Crippen LogP contribution < -0.4 is 0 Å². The minimum absolute atomic E-state index is 0.109. The number of aromatic nitrogens is 4. The number of carboxylic acid groups (broad SMARTS) is 1. The first-order chi connectivity index (χ1) is 6.77. The zero-order valence-electron chi connectivity index (χ0n) is 7.03. The summed E-state index contributed by atoms with van der Waals surface area (Å²) in [7, 11) is 0. The lowest BCUT2D eigenvalue weighted by Crippen LogP contribution is -2.00.